The van der Waals surface area contributed by atoms with E-state index in [0.717, 1.165) is 18.7 Å². The predicted octanol–water partition coefficient (Wildman–Crippen LogP) is 2.18. The Morgan fingerprint density at radius 2 is 2.05 bits per heavy atom. The maximum absolute atomic E-state index is 12.8. The van der Waals surface area contributed by atoms with Gasteiger partial charge in [-0.1, -0.05) is 12.1 Å². The third kappa shape index (κ3) is 4.27. The zero-order chi connectivity index (χ0) is 14.5. The SMILES string of the molecule is CC(C)N1CCC(CNCC(O)c2ccc(F)cc2)C1. The molecule has 0 bridgehead atoms. The number of likely N-dealkylation sites (tertiary alicyclic amines) is 1. The Bertz CT molecular complexity index is 407. The minimum Gasteiger partial charge on any atom is -0.387 e. The Hall–Kier alpha value is -0.970. The lowest BCUT2D eigenvalue weighted by Gasteiger charge is -2.20. The van der Waals surface area contributed by atoms with Crippen LogP contribution in [0.4, 0.5) is 4.39 Å². The highest BCUT2D eigenvalue weighted by atomic mass is 19.1. The van der Waals surface area contributed by atoms with Crippen LogP contribution in [0, 0.1) is 11.7 Å². The number of nitrogens with zero attached hydrogens (tertiary/aromatic N) is 1. The first-order valence-electron chi connectivity index (χ1n) is 7.44. The van der Waals surface area contributed by atoms with Gasteiger partial charge in [0.1, 0.15) is 5.82 Å². The van der Waals surface area contributed by atoms with Crippen LogP contribution < -0.4 is 5.32 Å². The number of hydrogen-bond donors (Lipinski definition) is 2. The number of aliphatic hydroxyl groups is 1. The van der Waals surface area contributed by atoms with Crippen LogP contribution in [0.25, 0.3) is 0 Å². The van der Waals surface area contributed by atoms with E-state index < -0.39 is 6.10 Å². The Morgan fingerprint density at radius 3 is 2.65 bits per heavy atom. The lowest BCUT2D eigenvalue weighted by molar-refractivity contribution is 0.172. The molecule has 2 rings (SSSR count). The summed E-state index contributed by atoms with van der Waals surface area (Å²) in [4.78, 5) is 2.49. The molecule has 1 aliphatic rings. The van der Waals surface area contributed by atoms with E-state index in [0.29, 0.717) is 18.5 Å². The molecule has 1 saturated heterocycles. The zero-order valence-electron chi connectivity index (χ0n) is 12.3. The molecule has 0 saturated carbocycles. The van der Waals surface area contributed by atoms with Crippen molar-refractivity contribution in [3.8, 4) is 0 Å². The van der Waals surface area contributed by atoms with E-state index >= 15 is 0 Å². The fourth-order valence-electron chi connectivity index (χ4n) is 2.73. The Kier molecular flexibility index (Phi) is 5.52. The topological polar surface area (TPSA) is 35.5 Å². The average Bonchev–Trinajstić information content (AvgIpc) is 2.88. The Morgan fingerprint density at radius 1 is 1.35 bits per heavy atom. The van der Waals surface area contributed by atoms with E-state index in [2.05, 4.69) is 24.1 Å². The van der Waals surface area contributed by atoms with Crippen LogP contribution in [0.15, 0.2) is 24.3 Å². The Balaban J connectivity index is 1.69. The summed E-state index contributed by atoms with van der Waals surface area (Å²) in [5.74, 6) is 0.395. The van der Waals surface area contributed by atoms with Crippen LogP contribution in [0.2, 0.25) is 0 Å². The van der Waals surface area contributed by atoms with E-state index in [9.17, 15) is 9.50 Å². The van der Waals surface area contributed by atoms with Crippen LogP contribution >= 0.6 is 0 Å². The summed E-state index contributed by atoms with van der Waals surface area (Å²) in [5.41, 5.74) is 0.758. The number of aliphatic hydroxyl groups excluding tert-OH is 1. The molecule has 0 amide bonds. The smallest absolute Gasteiger partial charge is 0.123 e. The molecule has 0 aliphatic carbocycles. The third-order valence-corrected chi connectivity index (χ3v) is 4.07. The lowest BCUT2D eigenvalue weighted by atomic mass is 10.1. The molecule has 0 spiro atoms. The molecule has 2 atom stereocenters. The van der Waals surface area contributed by atoms with Crippen LogP contribution in [0.3, 0.4) is 0 Å². The summed E-state index contributed by atoms with van der Waals surface area (Å²) in [5, 5.41) is 13.4. The second kappa shape index (κ2) is 7.16. The highest BCUT2D eigenvalue weighted by Crippen LogP contribution is 2.18. The van der Waals surface area contributed by atoms with Gasteiger partial charge < -0.3 is 15.3 Å². The molecule has 20 heavy (non-hydrogen) atoms. The summed E-state index contributed by atoms with van der Waals surface area (Å²) in [6.45, 7) is 8.22. The molecule has 1 aromatic rings. The highest BCUT2D eigenvalue weighted by Gasteiger charge is 2.23. The number of nitrogens with one attached hydrogen (secondary N) is 1. The standard InChI is InChI=1S/C16H25FN2O/c1-12(2)19-8-7-13(11-19)9-18-10-16(20)14-3-5-15(17)6-4-14/h3-6,12-13,16,18,20H,7-11H2,1-2H3. The van der Waals surface area contributed by atoms with Crippen LogP contribution in [-0.4, -0.2) is 42.2 Å². The summed E-state index contributed by atoms with van der Waals surface area (Å²) in [6, 6.07) is 6.66. The van der Waals surface area contributed by atoms with Gasteiger partial charge in [0.05, 0.1) is 6.10 Å². The van der Waals surface area contributed by atoms with Crippen molar-refractivity contribution < 1.29 is 9.50 Å². The van der Waals surface area contributed by atoms with E-state index in [4.69, 9.17) is 0 Å². The van der Waals surface area contributed by atoms with Crippen molar-refractivity contribution in [3.05, 3.63) is 35.6 Å². The third-order valence-electron chi connectivity index (χ3n) is 4.07. The molecular weight excluding hydrogens is 255 g/mol. The first-order valence-corrected chi connectivity index (χ1v) is 7.44. The predicted molar refractivity (Wildman–Crippen MR) is 79.0 cm³/mol. The van der Waals surface area contributed by atoms with E-state index in [-0.39, 0.29) is 5.82 Å². The first kappa shape index (κ1) is 15.4. The molecule has 4 heteroatoms. The molecule has 0 radical (unpaired) electrons. The van der Waals surface area contributed by atoms with Gasteiger partial charge in [0.15, 0.2) is 0 Å². The van der Waals surface area contributed by atoms with Crippen LogP contribution in [0.5, 0.6) is 0 Å². The molecule has 112 valence electrons. The quantitative estimate of drug-likeness (QED) is 0.838. The molecular formula is C16H25FN2O. The first-order chi connectivity index (χ1) is 9.56. The van der Waals surface area contributed by atoms with Gasteiger partial charge in [-0.05, 0) is 57.0 Å². The molecule has 1 fully saturated rings. The number of halogens is 1. The minimum atomic E-state index is -0.571. The minimum absolute atomic E-state index is 0.270. The summed E-state index contributed by atoms with van der Waals surface area (Å²) in [7, 11) is 0. The number of hydrogen-bond acceptors (Lipinski definition) is 3. The molecule has 1 aromatic carbocycles. The van der Waals surface area contributed by atoms with Gasteiger partial charge in [-0.3, -0.25) is 0 Å². The van der Waals surface area contributed by atoms with Crippen molar-refractivity contribution >= 4 is 0 Å². The lowest BCUT2D eigenvalue weighted by Crippen LogP contribution is -2.32. The second-order valence-corrected chi connectivity index (χ2v) is 5.97. The summed E-state index contributed by atoms with van der Waals surface area (Å²) < 4.78 is 12.8. The van der Waals surface area contributed by atoms with E-state index in [1.807, 2.05) is 0 Å². The second-order valence-electron chi connectivity index (χ2n) is 5.97. The van der Waals surface area contributed by atoms with Crippen molar-refractivity contribution in [2.45, 2.75) is 32.4 Å². The van der Waals surface area contributed by atoms with Gasteiger partial charge in [0.25, 0.3) is 0 Å². The fourth-order valence-corrected chi connectivity index (χ4v) is 2.73. The maximum Gasteiger partial charge on any atom is 0.123 e. The fraction of sp³-hybridized carbons (Fsp3) is 0.625. The number of benzene rings is 1. The van der Waals surface area contributed by atoms with E-state index in [1.165, 1.54) is 25.1 Å². The average molecular weight is 280 g/mol. The van der Waals surface area contributed by atoms with Crippen LogP contribution in [0.1, 0.15) is 31.9 Å². The highest BCUT2D eigenvalue weighted by molar-refractivity contribution is 5.18. The van der Waals surface area contributed by atoms with Crippen molar-refractivity contribution in [3.63, 3.8) is 0 Å². The molecule has 1 aliphatic heterocycles. The molecule has 0 aromatic heterocycles. The maximum atomic E-state index is 12.8. The van der Waals surface area contributed by atoms with Gasteiger partial charge in [-0.2, -0.15) is 0 Å². The van der Waals surface area contributed by atoms with Crippen molar-refractivity contribution in [2.24, 2.45) is 5.92 Å². The molecule has 2 N–H and O–H groups in total. The largest absolute Gasteiger partial charge is 0.387 e. The normalized spacial score (nSPS) is 21.6. The number of rotatable bonds is 6. The van der Waals surface area contributed by atoms with Gasteiger partial charge in [0, 0.05) is 19.1 Å². The van der Waals surface area contributed by atoms with Crippen molar-refractivity contribution in [1.82, 2.24) is 10.2 Å². The van der Waals surface area contributed by atoms with E-state index in [1.54, 1.807) is 12.1 Å². The molecule has 3 nitrogen and oxygen atoms in total. The Labute approximate surface area is 120 Å². The van der Waals surface area contributed by atoms with Gasteiger partial charge in [-0.25, -0.2) is 4.39 Å². The van der Waals surface area contributed by atoms with Crippen molar-refractivity contribution in [1.29, 1.82) is 0 Å². The van der Waals surface area contributed by atoms with Gasteiger partial charge in [0.2, 0.25) is 0 Å². The van der Waals surface area contributed by atoms with Gasteiger partial charge >= 0.3 is 0 Å². The molecule has 2 unspecified atom stereocenters. The van der Waals surface area contributed by atoms with Crippen LogP contribution in [-0.2, 0) is 0 Å². The molecule has 1 heterocycles. The summed E-state index contributed by atoms with van der Waals surface area (Å²) in [6.07, 6.45) is 0.649. The van der Waals surface area contributed by atoms with Crippen molar-refractivity contribution in [2.75, 3.05) is 26.2 Å². The van der Waals surface area contributed by atoms with Gasteiger partial charge in [-0.15, -0.1) is 0 Å². The zero-order valence-corrected chi connectivity index (χ0v) is 12.3. The summed E-state index contributed by atoms with van der Waals surface area (Å²) >= 11 is 0. The monoisotopic (exact) mass is 280 g/mol.